The summed E-state index contributed by atoms with van der Waals surface area (Å²) >= 11 is 0. The number of hydrogen-bond donors (Lipinski definition) is 1. The molecule has 2 heterocycles. The molecule has 0 spiro atoms. The highest BCUT2D eigenvalue weighted by atomic mass is 19.1. The van der Waals surface area contributed by atoms with Gasteiger partial charge in [0, 0.05) is 49.6 Å². The zero-order chi connectivity index (χ0) is 26.9. The Bertz CT molecular complexity index is 1190. The first-order chi connectivity index (χ1) is 18.1. The van der Waals surface area contributed by atoms with Gasteiger partial charge >= 0.3 is 0 Å². The second-order valence-corrected chi connectivity index (χ2v) is 12.9. The first-order valence-electron chi connectivity index (χ1n) is 14.3. The minimum Gasteiger partial charge on any atom is -0.381 e. The first kappa shape index (κ1) is 25.9. The molecule has 7 atom stereocenters. The molecule has 2 unspecified atom stereocenters. The number of Topliss-reactive ketones (excluding diaryl/α,β-unsaturated/α-hetero) is 1. The molecule has 3 fully saturated rings. The highest BCUT2D eigenvalue weighted by Gasteiger charge is 2.67. The lowest BCUT2D eigenvalue weighted by molar-refractivity contribution is -0.160. The topological polar surface area (TPSA) is 73.7 Å². The van der Waals surface area contributed by atoms with Crippen molar-refractivity contribution in [2.24, 2.45) is 28.6 Å². The molecular formula is C31H40FN3O3. The molecule has 5 aliphatic rings. The number of carbonyl (C=O) groups is 2. The third-order valence-electron chi connectivity index (χ3n) is 11.0. The summed E-state index contributed by atoms with van der Waals surface area (Å²) < 4.78 is 15.6. The lowest BCUT2D eigenvalue weighted by Gasteiger charge is -2.55. The van der Waals surface area contributed by atoms with Gasteiger partial charge in [0.05, 0.1) is 6.54 Å². The molecule has 0 amide bonds. The molecule has 0 radical (unpaired) electrons. The summed E-state index contributed by atoms with van der Waals surface area (Å²) in [7, 11) is 0. The number of halogens is 1. The molecule has 7 heteroatoms. The number of rotatable bonds is 4. The molecule has 1 N–H and O–H groups in total. The van der Waals surface area contributed by atoms with Gasteiger partial charge < -0.3 is 10.0 Å². The highest BCUT2D eigenvalue weighted by Crippen LogP contribution is 2.67. The van der Waals surface area contributed by atoms with Crippen molar-refractivity contribution in [3.05, 3.63) is 47.7 Å². The lowest BCUT2D eigenvalue weighted by Crippen LogP contribution is -2.60. The average molecular weight is 522 g/mol. The molecule has 0 aromatic carbocycles. The van der Waals surface area contributed by atoms with Crippen molar-refractivity contribution < 1.29 is 19.1 Å². The zero-order valence-corrected chi connectivity index (χ0v) is 22.8. The maximum atomic E-state index is 15.6. The molecule has 6 rings (SSSR count). The monoisotopic (exact) mass is 521 g/mol. The van der Waals surface area contributed by atoms with Gasteiger partial charge in [0.1, 0.15) is 17.6 Å². The van der Waals surface area contributed by atoms with Crippen LogP contribution in [0.5, 0.6) is 0 Å². The normalized spacial score (nSPS) is 41.1. The van der Waals surface area contributed by atoms with Crippen LogP contribution in [0.1, 0.15) is 52.9 Å². The van der Waals surface area contributed by atoms with Gasteiger partial charge in [-0.05, 0) is 67.2 Å². The van der Waals surface area contributed by atoms with Crippen LogP contribution in [0.2, 0.25) is 0 Å². The van der Waals surface area contributed by atoms with E-state index in [2.05, 4.69) is 34.7 Å². The summed E-state index contributed by atoms with van der Waals surface area (Å²) in [5, 5.41) is 12.3. The number of nitrogens with zero attached hydrogens (tertiary/aromatic N) is 3. The van der Waals surface area contributed by atoms with E-state index < -0.39 is 22.6 Å². The Hall–Kier alpha value is -2.38. The van der Waals surface area contributed by atoms with Gasteiger partial charge in [-0.1, -0.05) is 38.5 Å². The predicted octanol–water partition coefficient (Wildman–Crippen LogP) is 4.15. The van der Waals surface area contributed by atoms with Crippen LogP contribution in [0.15, 0.2) is 47.7 Å². The van der Waals surface area contributed by atoms with E-state index in [1.54, 1.807) is 12.3 Å². The highest BCUT2D eigenvalue weighted by molar-refractivity contribution is 5.92. The maximum absolute atomic E-state index is 15.6. The minimum absolute atomic E-state index is 0.00899. The first-order valence-corrected chi connectivity index (χ1v) is 14.3. The second kappa shape index (κ2) is 9.09. The third-order valence-corrected chi connectivity index (χ3v) is 11.0. The molecule has 38 heavy (non-hydrogen) atoms. The van der Waals surface area contributed by atoms with Crippen molar-refractivity contribution in [3.8, 4) is 0 Å². The Kier molecular flexibility index (Phi) is 6.19. The number of carbonyl (C=O) groups excluding carboxylic acids is 2. The largest absolute Gasteiger partial charge is 0.381 e. The van der Waals surface area contributed by atoms with Crippen LogP contribution in [0, 0.1) is 28.6 Å². The molecule has 1 aromatic rings. The summed E-state index contributed by atoms with van der Waals surface area (Å²) in [4.78, 5) is 34.9. The summed E-state index contributed by atoms with van der Waals surface area (Å²) in [5.74, 6) is 0.723. The number of allylic oxidation sites excluding steroid dienone is 4. The molecule has 4 aliphatic carbocycles. The number of fused-ring (bicyclic) bond motifs is 5. The van der Waals surface area contributed by atoms with Gasteiger partial charge in [0.15, 0.2) is 11.6 Å². The van der Waals surface area contributed by atoms with Crippen LogP contribution in [-0.4, -0.2) is 71.1 Å². The van der Waals surface area contributed by atoms with Crippen molar-refractivity contribution in [2.45, 2.75) is 64.6 Å². The van der Waals surface area contributed by atoms with Crippen LogP contribution < -0.4 is 4.90 Å². The molecule has 6 nitrogen and oxygen atoms in total. The Morgan fingerprint density at radius 2 is 1.92 bits per heavy atom. The van der Waals surface area contributed by atoms with Crippen molar-refractivity contribution in [3.63, 3.8) is 0 Å². The Labute approximate surface area is 225 Å². The summed E-state index contributed by atoms with van der Waals surface area (Å²) in [6.07, 6.45) is 7.18. The Morgan fingerprint density at radius 3 is 2.63 bits per heavy atom. The SMILES string of the molecule is CC1C[C@H]2[C@@H]3CC(F)C4=CC(=O)CC[C@]4(C)C3=CC[C@]2(C)[C@@]1(O)C(=O)CN1CCN(c2ccccn2)CC1. The van der Waals surface area contributed by atoms with Gasteiger partial charge in [0.2, 0.25) is 0 Å². The number of aromatic nitrogens is 1. The number of hydrogen-bond acceptors (Lipinski definition) is 6. The van der Waals surface area contributed by atoms with Crippen molar-refractivity contribution in [2.75, 3.05) is 37.6 Å². The van der Waals surface area contributed by atoms with Crippen molar-refractivity contribution >= 4 is 17.4 Å². The molecule has 2 saturated carbocycles. The van der Waals surface area contributed by atoms with E-state index in [1.165, 1.54) is 5.57 Å². The van der Waals surface area contributed by atoms with E-state index in [0.717, 1.165) is 38.4 Å². The summed E-state index contributed by atoms with van der Waals surface area (Å²) in [6.45, 7) is 9.48. The van der Waals surface area contributed by atoms with Gasteiger partial charge in [-0.3, -0.25) is 14.5 Å². The van der Waals surface area contributed by atoms with Crippen LogP contribution in [0.4, 0.5) is 10.2 Å². The van der Waals surface area contributed by atoms with Gasteiger partial charge in [-0.25, -0.2) is 9.37 Å². The van der Waals surface area contributed by atoms with E-state index >= 15 is 4.39 Å². The lowest BCUT2D eigenvalue weighted by atomic mass is 9.50. The number of anilines is 1. The number of pyridine rings is 1. The third kappa shape index (κ3) is 3.68. The van der Waals surface area contributed by atoms with Crippen LogP contribution in [0.25, 0.3) is 0 Å². The van der Waals surface area contributed by atoms with E-state index in [4.69, 9.17) is 0 Å². The van der Waals surface area contributed by atoms with Crippen LogP contribution in [0.3, 0.4) is 0 Å². The number of piperazine rings is 1. The average Bonchev–Trinajstić information content (AvgIpc) is 3.12. The minimum atomic E-state index is -1.44. The van der Waals surface area contributed by atoms with Crippen LogP contribution >= 0.6 is 0 Å². The molecule has 1 saturated heterocycles. The molecule has 0 bridgehead atoms. The number of aliphatic hydroxyl groups is 1. The summed E-state index contributed by atoms with van der Waals surface area (Å²) in [6, 6.07) is 5.90. The van der Waals surface area contributed by atoms with Crippen LogP contribution in [-0.2, 0) is 9.59 Å². The Morgan fingerprint density at radius 1 is 1.16 bits per heavy atom. The summed E-state index contributed by atoms with van der Waals surface area (Å²) in [5.41, 5.74) is -0.624. The second-order valence-electron chi connectivity index (χ2n) is 12.9. The van der Waals surface area contributed by atoms with Crippen molar-refractivity contribution in [1.29, 1.82) is 0 Å². The van der Waals surface area contributed by atoms with E-state index in [-0.39, 0.29) is 35.9 Å². The number of ketones is 2. The smallest absolute Gasteiger partial charge is 0.179 e. The molecule has 1 aromatic heterocycles. The molecule has 204 valence electrons. The van der Waals surface area contributed by atoms with E-state index in [0.29, 0.717) is 31.3 Å². The van der Waals surface area contributed by atoms with Gasteiger partial charge in [-0.15, -0.1) is 0 Å². The van der Waals surface area contributed by atoms with Gasteiger partial charge in [-0.2, -0.15) is 0 Å². The fraction of sp³-hybridized carbons (Fsp3) is 0.645. The maximum Gasteiger partial charge on any atom is 0.179 e. The van der Waals surface area contributed by atoms with E-state index in [1.807, 2.05) is 25.1 Å². The van der Waals surface area contributed by atoms with Gasteiger partial charge in [0.25, 0.3) is 0 Å². The quantitative estimate of drug-likeness (QED) is 0.600. The zero-order valence-electron chi connectivity index (χ0n) is 22.8. The Balaban J connectivity index is 1.22. The standard InChI is InChI=1S/C31H40FN3O3/c1-20-16-24-22-18-26(32)25-17-21(36)7-9-29(25,2)23(22)8-10-30(24,3)31(20,38)27(37)19-34-12-14-35(15-13-34)28-6-4-5-11-33-28/h4-6,8,11,17,20,22,24,26,38H,7,9-10,12-16,18-19H2,1-3H3/t20?,22-,24+,26?,29-,30+,31+/m1/s1. The predicted molar refractivity (Wildman–Crippen MR) is 144 cm³/mol. The van der Waals surface area contributed by atoms with E-state index in [9.17, 15) is 14.7 Å². The van der Waals surface area contributed by atoms with Crippen molar-refractivity contribution in [1.82, 2.24) is 9.88 Å². The molecule has 1 aliphatic heterocycles. The fourth-order valence-corrected chi connectivity index (χ4v) is 8.80. The fourth-order valence-electron chi connectivity index (χ4n) is 8.80. The number of alkyl halides is 1. The molecular weight excluding hydrogens is 481 g/mol.